The Morgan fingerprint density at radius 1 is 1.14 bits per heavy atom. The van der Waals surface area contributed by atoms with E-state index in [4.69, 9.17) is 5.84 Å². The number of hydrazine groups is 1. The minimum atomic E-state index is -4.60. The molecule has 21 heavy (non-hydrogen) atoms. The third kappa shape index (κ3) is 4.20. The quantitative estimate of drug-likeness (QED) is 0.454. The number of hydrogen-bond donors (Lipinski definition) is 3. The summed E-state index contributed by atoms with van der Waals surface area (Å²) < 4.78 is 38.3. The van der Waals surface area contributed by atoms with Crippen LogP contribution in [0.3, 0.4) is 0 Å². The first-order valence-electron chi connectivity index (χ1n) is 7.09. The van der Waals surface area contributed by atoms with Crippen molar-refractivity contribution in [3.63, 3.8) is 0 Å². The van der Waals surface area contributed by atoms with Crippen LogP contribution in [0, 0.1) is 5.92 Å². The van der Waals surface area contributed by atoms with Gasteiger partial charge in [0.25, 0.3) is 0 Å². The number of halogens is 3. The SMILES string of the molecule is CC1CCCCCC1Nc1cc(NN)nc(C(F)(F)F)n1. The number of rotatable bonds is 3. The maximum absolute atomic E-state index is 12.8. The second-order valence-electron chi connectivity index (χ2n) is 5.47. The van der Waals surface area contributed by atoms with Crippen LogP contribution in [0.4, 0.5) is 24.8 Å². The molecule has 1 saturated carbocycles. The third-order valence-electron chi connectivity index (χ3n) is 3.82. The summed E-state index contributed by atoms with van der Waals surface area (Å²) in [7, 11) is 0. The average Bonchev–Trinajstić information content (AvgIpc) is 2.63. The number of nitrogens with one attached hydrogen (secondary N) is 2. The number of aromatic nitrogens is 2. The van der Waals surface area contributed by atoms with Crippen molar-refractivity contribution < 1.29 is 13.2 Å². The summed E-state index contributed by atoms with van der Waals surface area (Å²) in [5, 5.41) is 3.11. The zero-order valence-corrected chi connectivity index (χ0v) is 11.9. The van der Waals surface area contributed by atoms with Crippen LogP contribution in [-0.4, -0.2) is 16.0 Å². The average molecular weight is 303 g/mol. The van der Waals surface area contributed by atoms with Crippen LogP contribution in [0.1, 0.15) is 44.9 Å². The van der Waals surface area contributed by atoms with Crippen LogP contribution in [-0.2, 0) is 6.18 Å². The molecule has 0 aromatic carbocycles. The predicted octanol–water partition coefficient (Wildman–Crippen LogP) is 3.16. The maximum Gasteiger partial charge on any atom is 0.451 e. The largest absolute Gasteiger partial charge is 0.451 e. The van der Waals surface area contributed by atoms with E-state index in [9.17, 15) is 13.2 Å². The van der Waals surface area contributed by atoms with E-state index in [1.54, 1.807) is 0 Å². The van der Waals surface area contributed by atoms with Gasteiger partial charge in [-0.15, -0.1) is 0 Å². The Bertz CT molecular complexity index is 477. The van der Waals surface area contributed by atoms with Crippen molar-refractivity contribution in [2.45, 2.75) is 51.2 Å². The van der Waals surface area contributed by atoms with E-state index in [2.05, 4.69) is 27.6 Å². The Labute approximate surface area is 121 Å². The number of nitrogen functional groups attached to an aromatic ring is 1. The first-order valence-corrected chi connectivity index (χ1v) is 7.09. The normalized spacial score (nSPS) is 23.5. The second kappa shape index (κ2) is 6.46. The van der Waals surface area contributed by atoms with Crippen molar-refractivity contribution in [3.05, 3.63) is 11.9 Å². The lowest BCUT2D eigenvalue weighted by Crippen LogP contribution is -2.27. The van der Waals surface area contributed by atoms with Crippen molar-refractivity contribution in [1.82, 2.24) is 9.97 Å². The molecule has 4 N–H and O–H groups in total. The second-order valence-corrected chi connectivity index (χ2v) is 5.47. The molecule has 0 radical (unpaired) electrons. The third-order valence-corrected chi connectivity index (χ3v) is 3.82. The lowest BCUT2D eigenvalue weighted by Gasteiger charge is -2.24. The summed E-state index contributed by atoms with van der Waals surface area (Å²) >= 11 is 0. The predicted molar refractivity (Wildman–Crippen MR) is 74.5 cm³/mol. The van der Waals surface area contributed by atoms with Gasteiger partial charge in [-0.05, 0) is 18.8 Å². The fraction of sp³-hybridized carbons (Fsp3) is 0.692. The zero-order chi connectivity index (χ0) is 15.5. The summed E-state index contributed by atoms with van der Waals surface area (Å²) in [6.45, 7) is 2.11. The molecule has 0 bridgehead atoms. The minimum absolute atomic E-state index is 0.0545. The van der Waals surface area contributed by atoms with Crippen LogP contribution in [0.25, 0.3) is 0 Å². The number of anilines is 2. The summed E-state index contributed by atoms with van der Waals surface area (Å²) in [4.78, 5) is 6.91. The van der Waals surface area contributed by atoms with E-state index in [1.165, 1.54) is 6.07 Å². The molecular weight excluding hydrogens is 283 g/mol. The van der Waals surface area contributed by atoms with Crippen LogP contribution >= 0.6 is 0 Å². The highest BCUT2D eigenvalue weighted by atomic mass is 19.4. The summed E-state index contributed by atoms with van der Waals surface area (Å²) in [5.41, 5.74) is 2.15. The Kier molecular flexibility index (Phi) is 4.87. The van der Waals surface area contributed by atoms with Crippen LogP contribution in [0.2, 0.25) is 0 Å². The molecule has 0 aliphatic heterocycles. The summed E-state index contributed by atoms with van der Waals surface area (Å²) in [6, 6.07) is 1.52. The van der Waals surface area contributed by atoms with Gasteiger partial charge >= 0.3 is 6.18 Å². The van der Waals surface area contributed by atoms with E-state index >= 15 is 0 Å². The molecule has 2 rings (SSSR count). The topological polar surface area (TPSA) is 75.9 Å². The molecule has 1 aliphatic rings. The lowest BCUT2D eigenvalue weighted by molar-refractivity contribution is -0.144. The first kappa shape index (κ1) is 15.8. The van der Waals surface area contributed by atoms with Gasteiger partial charge in [0.2, 0.25) is 5.82 Å². The van der Waals surface area contributed by atoms with Gasteiger partial charge in [0.15, 0.2) is 0 Å². The number of nitrogens with two attached hydrogens (primary N) is 1. The molecule has 5 nitrogen and oxygen atoms in total. The van der Waals surface area contributed by atoms with Gasteiger partial charge in [-0.3, -0.25) is 0 Å². The van der Waals surface area contributed by atoms with Gasteiger partial charge in [0.1, 0.15) is 11.6 Å². The molecular formula is C13H20F3N5. The summed E-state index contributed by atoms with van der Waals surface area (Å²) in [6.07, 6.45) is 0.788. The molecule has 0 spiro atoms. The van der Waals surface area contributed by atoms with Gasteiger partial charge in [0, 0.05) is 12.1 Å². The zero-order valence-electron chi connectivity index (χ0n) is 11.9. The molecule has 8 heteroatoms. The van der Waals surface area contributed by atoms with E-state index in [0.717, 1.165) is 32.1 Å². The Morgan fingerprint density at radius 2 is 1.81 bits per heavy atom. The molecule has 0 saturated heterocycles. The molecule has 2 unspecified atom stereocenters. The Hall–Kier alpha value is -1.57. The standard InChI is InChI=1S/C13H20F3N5/c1-8-5-3-2-4-6-9(8)18-10-7-11(21-17)20-12(19-10)13(14,15)16/h7-9H,2-6,17H2,1H3,(H2,18,19,20,21). The van der Waals surface area contributed by atoms with E-state index in [-0.39, 0.29) is 17.7 Å². The molecule has 1 fully saturated rings. The lowest BCUT2D eigenvalue weighted by atomic mass is 9.97. The van der Waals surface area contributed by atoms with E-state index < -0.39 is 12.0 Å². The van der Waals surface area contributed by atoms with Gasteiger partial charge in [0.05, 0.1) is 0 Å². The van der Waals surface area contributed by atoms with Crippen molar-refractivity contribution in [1.29, 1.82) is 0 Å². The molecule has 0 amide bonds. The number of alkyl halides is 3. The number of hydrogen-bond acceptors (Lipinski definition) is 5. The highest BCUT2D eigenvalue weighted by Crippen LogP contribution is 2.30. The fourth-order valence-electron chi connectivity index (χ4n) is 2.62. The van der Waals surface area contributed by atoms with Crippen molar-refractivity contribution in [3.8, 4) is 0 Å². The molecule has 118 valence electrons. The highest BCUT2D eigenvalue weighted by molar-refractivity contribution is 5.47. The maximum atomic E-state index is 12.8. The van der Waals surface area contributed by atoms with Crippen molar-refractivity contribution >= 4 is 11.6 Å². The van der Waals surface area contributed by atoms with E-state index in [0.29, 0.717) is 5.92 Å². The summed E-state index contributed by atoms with van der Waals surface area (Å²) in [5.74, 6) is 4.48. The molecule has 2 atom stereocenters. The Balaban J connectivity index is 2.22. The number of nitrogens with zero attached hydrogens (tertiary/aromatic N) is 2. The van der Waals surface area contributed by atoms with Crippen molar-refractivity contribution in [2.75, 3.05) is 10.7 Å². The first-order chi connectivity index (χ1) is 9.90. The highest BCUT2D eigenvalue weighted by Gasteiger charge is 2.35. The van der Waals surface area contributed by atoms with Crippen molar-refractivity contribution in [2.24, 2.45) is 11.8 Å². The van der Waals surface area contributed by atoms with E-state index in [1.807, 2.05) is 0 Å². The van der Waals surface area contributed by atoms with Gasteiger partial charge in [-0.25, -0.2) is 15.8 Å². The van der Waals surface area contributed by atoms with Gasteiger partial charge < -0.3 is 10.7 Å². The van der Waals surface area contributed by atoms with Crippen LogP contribution < -0.4 is 16.6 Å². The molecule has 1 aromatic rings. The molecule has 1 heterocycles. The van der Waals surface area contributed by atoms with Crippen LogP contribution in [0.15, 0.2) is 6.07 Å². The Morgan fingerprint density at radius 3 is 2.48 bits per heavy atom. The smallest absolute Gasteiger partial charge is 0.367 e. The van der Waals surface area contributed by atoms with Crippen LogP contribution in [0.5, 0.6) is 0 Å². The minimum Gasteiger partial charge on any atom is -0.367 e. The molecule has 1 aliphatic carbocycles. The van der Waals surface area contributed by atoms with Gasteiger partial charge in [-0.1, -0.05) is 26.2 Å². The monoisotopic (exact) mass is 303 g/mol. The molecule has 1 aromatic heterocycles. The van der Waals surface area contributed by atoms with Gasteiger partial charge in [-0.2, -0.15) is 13.2 Å². The fourth-order valence-corrected chi connectivity index (χ4v) is 2.62.